The van der Waals surface area contributed by atoms with E-state index in [1.54, 1.807) is 26.3 Å². The third-order valence-electron chi connectivity index (χ3n) is 4.38. The molecule has 0 saturated heterocycles. The molecule has 1 amide bonds. The van der Waals surface area contributed by atoms with Crippen molar-refractivity contribution in [3.63, 3.8) is 0 Å². The van der Waals surface area contributed by atoms with Crippen LogP contribution in [0.25, 0.3) is 0 Å². The van der Waals surface area contributed by atoms with E-state index in [0.29, 0.717) is 18.1 Å². The smallest absolute Gasteiger partial charge is 0.263 e. The molecule has 2 unspecified atom stereocenters. The maximum Gasteiger partial charge on any atom is 0.263 e. The number of amides is 1. The van der Waals surface area contributed by atoms with E-state index in [1.165, 1.54) is 5.56 Å². The minimum absolute atomic E-state index is 0.0492. The molecule has 0 heterocycles. The Morgan fingerprint density at radius 3 is 2.59 bits per heavy atom. The highest BCUT2D eigenvalue weighted by atomic mass is 16.6. The summed E-state index contributed by atoms with van der Waals surface area (Å²) in [7, 11) is 1.58. The van der Waals surface area contributed by atoms with Gasteiger partial charge in [-0.2, -0.15) is 0 Å². The molecule has 1 N–H and O–H groups in total. The molecule has 0 fully saturated rings. The average Bonchev–Trinajstić information content (AvgIpc) is 2.74. The number of ether oxygens (including phenoxy) is 2. The molecule has 156 valence electrons. The number of benzene rings is 2. The predicted molar refractivity (Wildman–Crippen MR) is 115 cm³/mol. The fraction of sp³-hybridized carbons (Fsp3) is 0.391. The standard InChI is InChI=1S/C23H30N2O4/c1-5-28-21-14-13-20(15-22(21)27-4)16-24-29-18(3)23(26)25-17(2)11-12-19-9-7-6-8-10-19/h6-10,13-18H,5,11-12H2,1-4H3,(H,25,26)/b24-16+. The Hall–Kier alpha value is -3.02. The van der Waals surface area contributed by atoms with Gasteiger partial charge in [-0.15, -0.1) is 0 Å². The Labute approximate surface area is 172 Å². The van der Waals surface area contributed by atoms with Crippen LogP contribution in [0, 0.1) is 0 Å². The van der Waals surface area contributed by atoms with Crippen LogP contribution in [0.1, 0.15) is 38.3 Å². The highest BCUT2D eigenvalue weighted by molar-refractivity contribution is 5.82. The molecule has 6 heteroatoms. The van der Waals surface area contributed by atoms with Gasteiger partial charge in [-0.1, -0.05) is 35.5 Å². The van der Waals surface area contributed by atoms with E-state index in [1.807, 2.05) is 44.2 Å². The van der Waals surface area contributed by atoms with Crippen LogP contribution in [-0.4, -0.2) is 38.0 Å². The summed E-state index contributed by atoms with van der Waals surface area (Å²) in [4.78, 5) is 17.6. The molecule has 2 aromatic carbocycles. The van der Waals surface area contributed by atoms with E-state index >= 15 is 0 Å². The lowest BCUT2D eigenvalue weighted by Crippen LogP contribution is -2.39. The molecule has 0 spiro atoms. The summed E-state index contributed by atoms with van der Waals surface area (Å²) in [6.45, 7) is 6.14. The summed E-state index contributed by atoms with van der Waals surface area (Å²) in [5.74, 6) is 1.10. The average molecular weight is 399 g/mol. The van der Waals surface area contributed by atoms with E-state index in [4.69, 9.17) is 14.3 Å². The van der Waals surface area contributed by atoms with Gasteiger partial charge in [0.25, 0.3) is 5.91 Å². The third kappa shape index (κ3) is 7.49. The molecule has 0 aliphatic rings. The fourth-order valence-corrected chi connectivity index (χ4v) is 2.73. The number of carbonyl (C=O) groups excluding carboxylic acids is 1. The zero-order chi connectivity index (χ0) is 21.1. The van der Waals surface area contributed by atoms with Crippen molar-refractivity contribution < 1.29 is 19.1 Å². The lowest BCUT2D eigenvalue weighted by molar-refractivity contribution is -0.132. The summed E-state index contributed by atoms with van der Waals surface area (Å²) < 4.78 is 10.8. The van der Waals surface area contributed by atoms with Gasteiger partial charge in [0.05, 0.1) is 19.9 Å². The minimum atomic E-state index is -0.685. The molecule has 29 heavy (non-hydrogen) atoms. The van der Waals surface area contributed by atoms with E-state index < -0.39 is 6.10 Å². The van der Waals surface area contributed by atoms with Gasteiger partial charge in [0.1, 0.15) is 0 Å². The monoisotopic (exact) mass is 398 g/mol. The second kappa shape index (κ2) is 11.7. The second-order valence-electron chi connectivity index (χ2n) is 6.76. The second-order valence-corrected chi connectivity index (χ2v) is 6.76. The van der Waals surface area contributed by atoms with Crippen molar-refractivity contribution in [3.8, 4) is 11.5 Å². The summed E-state index contributed by atoms with van der Waals surface area (Å²) >= 11 is 0. The lowest BCUT2D eigenvalue weighted by atomic mass is 10.1. The third-order valence-corrected chi connectivity index (χ3v) is 4.38. The van der Waals surface area contributed by atoms with Crippen LogP contribution >= 0.6 is 0 Å². The molecule has 0 bridgehead atoms. The molecule has 0 saturated carbocycles. The number of rotatable bonds is 11. The first-order valence-electron chi connectivity index (χ1n) is 9.87. The summed E-state index contributed by atoms with van der Waals surface area (Å²) in [5.41, 5.74) is 2.04. The number of hydrogen-bond acceptors (Lipinski definition) is 5. The maximum absolute atomic E-state index is 12.3. The number of nitrogens with zero attached hydrogens (tertiary/aromatic N) is 1. The van der Waals surface area contributed by atoms with Gasteiger partial charge in [0, 0.05) is 11.6 Å². The number of carbonyl (C=O) groups is 1. The number of methoxy groups -OCH3 is 1. The van der Waals surface area contributed by atoms with Gasteiger partial charge in [-0.25, -0.2) is 0 Å². The number of hydrogen-bond donors (Lipinski definition) is 1. The van der Waals surface area contributed by atoms with Crippen molar-refractivity contribution in [1.29, 1.82) is 0 Å². The Morgan fingerprint density at radius 1 is 1.14 bits per heavy atom. The van der Waals surface area contributed by atoms with Crippen LogP contribution < -0.4 is 14.8 Å². The molecule has 0 aliphatic heterocycles. The predicted octanol–water partition coefficient (Wildman–Crippen LogP) is 3.97. The van der Waals surface area contributed by atoms with Crippen molar-refractivity contribution in [2.45, 2.75) is 45.8 Å². The van der Waals surface area contributed by atoms with Gasteiger partial charge < -0.3 is 19.6 Å². The lowest BCUT2D eigenvalue weighted by Gasteiger charge is -2.16. The molecule has 0 radical (unpaired) electrons. The van der Waals surface area contributed by atoms with Gasteiger partial charge in [0.15, 0.2) is 11.5 Å². The summed E-state index contributed by atoms with van der Waals surface area (Å²) in [6.07, 6.45) is 2.63. The zero-order valence-corrected chi connectivity index (χ0v) is 17.6. The topological polar surface area (TPSA) is 69.2 Å². The summed E-state index contributed by atoms with van der Waals surface area (Å²) in [6, 6.07) is 15.7. The molecule has 2 rings (SSSR count). The Morgan fingerprint density at radius 2 is 1.90 bits per heavy atom. The molecule has 0 aliphatic carbocycles. The van der Waals surface area contributed by atoms with Crippen molar-refractivity contribution in [3.05, 3.63) is 59.7 Å². The Bertz CT molecular complexity index is 793. The molecular formula is C23H30N2O4. The van der Waals surface area contributed by atoms with Crippen molar-refractivity contribution >= 4 is 12.1 Å². The van der Waals surface area contributed by atoms with Crippen molar-refractivity contribution in [2.24, 2.45) is 5.16 Å². The normalized spacial score (nSPS) is 13.0. The molecule has 0 aromatic heterocycles. The van der Waals surface area contributed by atoms with E-state index in [2.05, 4.69) is 22.6 Å². The van der Waals surface area contributed by atoms with Crippen LogP contribution in [0.4, 0.5) is 0 Å². The van der Waals surface area contributed by atoms with Crippen LogP contribution in [0.5, 0.6) is 11.5 Å². The maximum atomic E-state index is 12.3. The van der Waals surface area contributed by atoms with Gasteiger partial charge in [-0.05, 0) is 57.4 Å². The van der Waals surface area contributed by atoms with Crippen LogP contribution in [0.3, 0.4) is 0 Å². The first-order valence-corrected chi connectivity index (χ1v) is 9.87. The Kier molecular flexibility index (Phi) is 9.02. The van der Waals surface area contributed by atoms with Crippen LogP contribution in [-0.2, 0) is 16.1 Å². The molecule has 6 nitrogen and oxygen atoms in total. The highest BCUT2D eigenvalue weighted by Crippen LogP contribution is 2.27. The highest BCUT2D eigenvalue weighted by Gasteiger charge is 2.16. The van der Waals surface area contributed by atoms with Gasteiger partial charge in [-0.3, -0.25) is 4.79 Å². The molecule has 2 aromatic rings. The number of nitrogens with one attached hydrogen (secondary N) is 1. The first kappa shape index (κ1) is 22.3. The van der Waals surface area contributed by atoms with E-state index in [0.717, 1.165) is 18.4 Å². The Balaban J connectivity index is 1.80. The van der Waals surface area contributed by atoms with Crippen LogP contribution in [0.15, 0.2) is 53.7 Å². The van der Waals surface area contributed by atoms with E-state index in [9.17, 15) is 4.79 Å². The SMILES string of the molecule is CCOc1ccc(/C=N/OC(C)C(=O)NC(C)CCc2ccccc2)cc1OC. The molecule has 2 atom stereocenters. The van der Waals surface area contributed by atoms with E-state index in [-0.39, 0.29) is 11.9 Å². The quantitative estimate of drug-likeness (QED) is 0.459. The fourth-order valence-electron chi connectivity index (χ4n) is 2.73. The van der Waals surface area contributed by atoms with Crippen LogP contribution in [0.2, 0.25) is 0 Å². The minimum Gasteiger partial charge on any atom is -0.493 e. The summed E-state index contributed by atoms with van der Waals surface area (Å²) in [5, 5.41) is 6.90. The largest absolute Gasteiger partial charge is 0.493 e. The first-order chi connectivity index (χ1) is 14.0. The van der Waals surface area contributed by atoms with Gasteiger partial charge >= 0.3 is 0 Å². The number of aryl methyl sites for hydroxylation is 1. The number of oxime groups is 1. The van der Waals surface area contributed by atoms with Gasteiger partial charge in [0.2, 0.25) is 6.10 Å². The van der Waals surface area contributed by atoms with Crippen molar-refractivity contribution in [2.75, 3.05) is 13.7 Å². The zero-order valence-electron chi connectivity index (χ0n) is 17.6. The molecular weight excluding hydrogens is 368 g/mol. The van der Waals surface area contributed by atoms with Crippen molar-refractivity contribution in [1.82, 2.24) is 5.32 Å².